The molecule has 0 saturated carbocycles. The summed E-state index contributed by atoms with van der Waals surface area (Å²) in [5, 5.41) is 4.50. The minimum atomic E-state index is -0.0435. The average molecular weight is 472 g/mol. The van der Waals surface area contributed by atoms with Crippen molar-refractivity contribution in [3.63, 3.8) is 0 Å². The molecule has 0 N–H and O–H groups in total. The SMILES string of the molecule is COc1cccc(-c2ccnc3c(C(=O)N4CCN(Cc5ccc6c(c5)OCO6)CC4)cnn23)c1. The van der Waals surface area contributed by atoms with Crippen molar-refractivity contribution in [1.82, 2.24) is 24.4 Å². The zero-order valence-electron chi connectivity index (χ0n) is 19.4. The lowest BCUT2D eigenvalue weighted by atomic mass is 10.1. The third-order valence-corrected chi connectivity index (χ3v) is 6.50. The highest BCUT2D eigenvalue weighted by molar-refractivity contribution is 6.00. The third kappa shape index (κ3) is 4.04. The quantitative estimate of drug-likeness (QED) is 0.442. The van der Waals surface area contributed by atoms with Gasteiger partial charge in [0, 0.05) is 44.5 Å². The highest BCUT2D eigenvalue weighted by Gasteiger charge is 2.26. The first kappa shape index (κ1) is 21.4. The highest BCUT2D eigenvalue weighted by Crippen LogP contribution is 2.33. The Hall–Kier alpha value is -4.11. The van der Waals surface area contributed by atoms with Gasteiger partial charge in [0.05, 0.1) is 19.0 Å². The van der Waals surface area contributed by atoms with E-state index in [0.29, 0.717) is 24.3 Å². The molecule has 9 heteroatoms. The van der Waals surface area contributed by atoms with Crippen LogP contribution in [0.2, 0.25) is 0 Å². The van der Waals surface area contributed by atoms with Crippen LogP contribution in [0.4, 0.5) is 0 Å². The van der Waals surface area contributed by atoms with Crippen molar-refractivity contribution in [2.45, 2.75) is 6.54 Å². The van der Waals surface area contributed by atoms with Gasteiger partial charge in [0.25, 0.3) is 5.91 Å². The molecule has 0 spiro atoms. The first-order chi connectivity index (χ1) is 17.2. The van der Waals surface area contributed by atoms with Gasteiger partial charge >= 0.3 is 0 Å². The van der Waals surface area contributed by atoms with Crippen molar-refractivity contribution >= 4 is 11.6 Å². The second-order valence-electron chi connectivity index (χ2n) is 8.61. The fraction of sp³-hybridized carbons (Fsp3) is 0.269. The Kier molecular flexibility index (Phi) is 5.46. The molecule has 2 aliphatic heterocycles. The normalized spacial score (nSPS) is 15.5. The van der Waals surface area contributed by atoms with E-state index in [9.17, 15) is 4.79 Å². The molecule has 4 heterocycles. The van der Waals surface area contributed by atoms with Gasteiger partial charge in [0.15, 0.2) is 17.1 Å². The summed E-state index contributed by atoms with van der Waals surface area (Å²) in [6.07, 6.45) is 3.33. The van der Waals surface area contributed by atoms with E-state index in [1.54, 1.807) is 24.0 Å². The van der Waals surface area contributed by atoms with Crippen molar-refractivity contribution < 1.29 is 19.0 Å². The summed E-state index contributed by atoms with van der Waals surface area (Å²) in [5.41, 5.74) is 4.03. The Morgan fingerprint density at radius 2 is 1.89 bits per heavy atom. The van der Waals surface area contributed by atoms with Gasteiger partial charge in [-0.05, 0) is 35.9 Å². The van der Waals surface area contributed by atoms with Crippen LogP contribution in [-0.4, -0.2) is 70.4 Å². The highest BCUT2D eigenvalue weighted by atomic mass is 16.7. The number of methoxy groups -OCH3 is 1. The predicted octanol–water partition coefficient (Wildman–Crippen LogP) is 3.09. The van der Waals surface area contributed by atoms with Crippen LogP contribution in [0.3, 0.4) is 0 Å². The number of nitrogens with zero attached hydrogens (tertiary/aromatic N) is 5. The maximum Gasteiger partial charge on any atom is 0.259 e. The Labute approximate surface area is 202 Å². The van der Waals surface area contributed by atoms with Gasteiger partial charge in [0.1, 0.15) is 11.3 Å². The molecule has 0 aliphatic carbocycles. The first-order valence-electron chi connectivity index (χ1n) is 11.6. The predicted molar refractivity (Wildman–Crippen MR) is 129 cm³/mol. The van der Waals surface area contributed by atoms with Crippen LogP contribution < -0.4 is 14.2 Å². The molecule has 178 valence electrons. The lowest BCUT2D eigenvalue weighted by Crippen LogP contribution is -2.48. The number of rotatable bonds is 5. The van der Waals surface area contributed by atoms with Gasteiger partial charge < -0.3 is 19.1 Å². The maximum atomic E-state index is 13.4. The van der Waals surface area contributed by atoms with Crippen LogP contribution in [0.15, 0.2) is 60.9 Å². The standard InChI is InChI=1S/C26H25N5O4/c1-33-20-4-2-3-19(14-20)22-7-8-27-25-21(15-28-31(22)25)26(32)30-11-9-29(10-12-30)16-18-5-6-23-24(13-18)35-17-34-23/h2-8,13-15H,9-12,16-17H2,1H3. The van der Waals surface area contributed by atoms with Gasteiger partial charge in [-0.1, -0.05) is 18.2 Å². The molecule has 0 unspecified atom stereocenters. The van der Waals surface area contributed by atoms with E-state index in [-0.39, 0.29) is 12.7 Å². The van der Waals surface area contributed by atoms with E-state index >= 15 is 0 Å². The largest absolute Gasteiger partial charge is 0.497 e. The average Bonchev–Trinajstić information content (AvgIpc) is 3.55. The Bertz CT molecular complexity index is 1390. The molecule has 1 saturated heterocycles. The van der Waals surface area contributed by atoms with Crippen LogP contribution in [0.25, 0.3) is 16.9 Å². The molecule has 4 aromatic rings. The Morgan fingerprint density at radius 1 is 1.03 bits per heavy atom. The second-order valence-corrected chi connectivity index (χ2v) is 8.61. The van der Waals surface area contributed by atoms with Gasteiger partial charge in [-0.15, -0.1) is 0 Å². The number of ether oxygens (including phenoxy) is 3. The zero-order chi connectivity index (χ0) is 23.8. The molecule has 1 amide bonds. The first-order valence-corrected chi connectivity index (χ1v) is 11.6. The fourth-order valence-corrected chi connectivity index (χ4v) is 4.62. The van der Waals surface area contributed by atoms with Crippen LogP contribution in [0.5, 0.6) is 17.2 Å². The second kappa shape index (κ2) is 8.92. The number of piperazine rings is 1. The van der Waals surface area contributed by atoms with Crippen LogP contribution in [-0.2, 0) is 6.54 Å². The number of carbonyl (C=O) groups is 1. The van der Waals surface area contributed by atoms with Crippen molar-refractivity contribution in [1.29, 1.82) is 0 Å². The maximum absolute atomic E-state index is 13.4. The summed E-state index contributed by atoms with van der Waals surface area (Å²) in [5.74, 6) is 2.30. The summed E-state index contributed by atoms with van der Waals surface area (Å²) in [6, 6.07) is 15.7. The minimum absolute atomic E-state index is 0.0435. The van der Waals surface area contributed by atoms with Crippen molar-refractivity contribution in [2.75, 3.05) is 40.1 Å². The summed E-state index contributed by atoms with van der Waals surface area (Å²) in [6.45, 7) is 3.97. The molecular formula is C26H25N5O4. The summed E-state index contributed by atoms with van der Waals surface area (Å²) >= 11 is 0. The van der Waals surface area contributed by atoms with Crippen LogP contribution >= 0.6 is 0 Å². The molecule has 9 nitrogen and oxygen atoms in total. The third-order valence-electron chi connectivity index (χ3n) is 6.50. The van der Waals surface area contributed by atoms with E-state index in [2.05, 4.69) is 21.0 Å². The monoisotopic (exact) mass is 471 g/mol. The van der Waals surface area contributed by atoms with Gasteiger partial charge in [-0.3, -0.25) is 9.69 Å². The number of carbonyl (C=O) groups excluding carboxylic acids is 1. The van der Waals surface area contributed by atoms with Crippen LogP contribution in [0.1, 0.15) is 15.9 Å². The van der Waals surface area contributed by atoms with E-state index in [1.165, 1.54) is 5.56 Å². The number of amides is 1. The lowest BCUT2D eigenvalue weighted by molar-refractivity contribution is 0.0630. The Morgan fingerprint density at radius 3 is 2.74 bits per heavy atom. The molecule has 2 aromatic carbocycles. The number of hydrogen-bond donors (Lipinski definition) is 0. The zero-order valence-corrected chi connectivity index (χ0v) is 19.4. The van der Waals surface area contributed by atoms with E-state index in [1.807, 2.05) is 47.4 Å². The molecule has 0 radical (unpaired) electrons. The molecule has 35 heavy (non-hydrogen) atoms. The molecule has 0 atom stereocenters. The number of hydrogen-bond acceptors (Lipinski definition) is 7. The summed E-state index contributed by atoms with van der Waals surface area (Å²) in [7, 11) is 1.64. The Balaban J connectivity index is 1.16. The smallest absolute Gasteiger partial charge is 0.259 e. The van der Waals surface area contributed by atoms with Gasteiger partial charge in [-0.2, -0.15) is 5.10 Å². The molecule has 2 aromatic heterocycles. The molecular weight excluding hydrogens is 446 g/mol. The van der Waals surface area contributed by atoms with Crippen molar-refractivity contribution in [2.24, 2.45) is 0 Å². The molecule has 1 fully saturated rings. The van der Waals surface area contributed by atoms with Crippen molar-refractivity contribution in [3.05, 3.63) is 72.1 Å². The summed E-state index contributed by atoms with van der Waals surface area (Å²) in [4.78, 5) is 22.1. The van der Waals surface area contributed by atoms with E-state index < -0.39 is 0 Å². The molecule has 2 aliphatic rings. The molecule has 0 bridgehead atoms. The number of benzene rings is 2. The van der Waals surface area contributed by atoms with Gasteiger partial charge in [0.2, 0.25) is 6.79 Å². The van der Waals surface area contributed by atoms with E-state index in [4.69, 9.17) is 14.2 Å². The van der Waals surface area contributed by atoms with Crippen LogP contribution in [0, 0.1) is 0 Å². The van der Waals surface area contributed by atoms with Crippen molar-refractivity contribution in [3.8, 4) is 28.5 Å². The molecule has 6 rings (SSSR count). The number of aromatic nitrogens is 3. The lowest BCUT2D eigenvalue weighted by Gasteiger charge is -2.34. The fourth-order valence-electron chi connectivity index (χ4n) is 4.62. The topological polar surface area (TPSA) is 81.4 Å². The van der Waals surface area contributed by atoms with Gasteiger partial charge in [-0.25, -0.2) is 9.50 Å². The minimum Gasteiger partial charge on any atom is -0.497 e. The van der Waals surface area contributed by atoms with E-state index in [0.717, 1.165) is 48.1 Å². The number of fused-ring (bicyclic) bond motifs is 2. The summed E-state index contributed by atoms with van der Waals surface area (Å²) < 4.78 is 18.0.